The molecule has 1 fully saturated rings. The van der Waals surface area contributed by atoms with Gasteiger partial charge in [0.1, 0.15) is 0 Å². The first-order valence-electron chi connectivity index (χ1n) is 16.7. The number of methoxy groups -OCH3 is 1. The molecule has 0 radical (unpaired) electrons. The molecule has 3 aromatic rings. The summed E-state index contributed by atoms with van der Waals surface area (Å²) in [5.74, 6) is 2.04. The van der Waals surface area contributed by atoms with Gasteiger partial charge in [-0.2, -0.15) is 0 Å². The minimum Gasteiger partial charge on any atom is -0.384 e. The van der Waals surface area contributed by atoms with Crippen molar-refractivity contribution >= 4 is 5.71 Å². The molecule has 0 aliphatic heterocycles. The molecule has 2 nitrogen and oxygen atoms in total. The summed E-state index contributed by atoms with van der Waals surface area (Å²) in [7, 11) is 1.82. The van der Waals surface area contributed by atoms with Crippen molar-refractivity contribution in [3.8, 4) is 11.1 Å². The van der Waals surface area contributed by atoms with Crippen LogP contribution in [0.5, 0.6) is 0 Å². The molecule has 0 heterocycles. The molecule has 42 heavy (non-hydrogen) atoms. The molecular weight excluding hydrogens is 510 g/mol. The van der Waals surface area contributed by atoms with Crippen LogP contribution in [0.15, 0.2) is 71.7 Å². The van der Waals surface area contributed by atoms with Crippen LogP contribution in [0.4, 0.5) is 0 Å². The van der Waals surface area contributed by atoms with Gasteiger partial charge in [-0.1, -0.05) is 108 Å². The van der Waals surface area contributed by atoms with Gasteiger partial charge in [0.25, 0.3) is 0 Å². The molecule has 4 rings (SSSR count). The van der Waals surface area contributed by atoms with Crippen LogP contribution in [-0.2, 0) is 11.2 Å². The second kappa shape index (κ2) is 16.8. The molecule has 2 heteroatoms. The summed E-state index contributed by atoms with van der Waals surface area (Å²) in [5.41, 5.74) is 10.8. The number of ether oxygens (including phenoxy) is 1. The molecule has 0 bridgehead atoms. The van der Waals surface area contributed by atoms with E-state index >= 15 is 0 Å². The van der Waals surface area contributed by atoms with Crippen molar-refractivity contribution < 1.29 is 4.74 Å². The highest BCUT2D eigenvalue weighted by atomic mass is 16.5. The molecular formula is C40H57NO. The van der Waals surface area contributed by atoms with E-state index in [0.717, 1.165) is 19.4 Å². The Morgan fingerprint density at radius 2 is 1.57 bits per heavy atom. The lowest BCUT2D eigenvalue weighted by molar-refractivity contribution is 0.143. The van der Waals surface area contributed by atoms with Crippen molar-refractivity contribution in [1.82, 2.24) is 0 Å². The van der Waals surface area contributed by atoms with Gasteiger partial charge in [-0.05, 0) is 110 Å². The summed E-state index contributed by atoms with van der Waals surface area (Å²) in [6, 6.07) is 25.4. The number of nitrogens with zero attached hydrogens (tertiary/aromatic N) is 1. The maximum atomic E-state index is 5.64. The van der Waals surface area contributed by atoms with Gasteiger partial charge in [0, 0.05) is 25.3 Å². The number of benzene rings is 3. The maximum absolute atomic E-state index is 5.64. The van der Waals surface area contributed by atoms with Crippen LogP contribution in [0.25, 0.3) is 11.1 Å². The highest BCUT2D eigenvalue weighted by Gasteiger charge is 2.30. The second-order valence-electron chi connectivity index (χ2n) is 12.3. The predicted octanol–water partition coefficient (Wildman–Crippen LogP) is 11.0. The Kier molecular flexibility index (Phi) is 13.5. The fourth-order valence-corrected chi connectivity index (χ4v) is 6.99. The molecule has 1 aliphatic carbocycles. The van der Waals surface area contributed by atoms with Gasteiger partial charge in [0.05, 0.1) is 6.04 Å². The van der Waals surface area contributed by atoms with Crippen LogP contribution in [0.2, 0.25) is 0 Å². The van der Waals surface area contributed by atoms with E-state index in [1.165, 1.54) is 70.3 Å². The summed E-state index contributed by atoms with van der Waals surface area (Å²) in [5, 5.41) is 0. The van der Waals surface area contributed by atoms with Gasteiger partial charge in [-0.25, -0.2) is 0 Å². The Hall–Kier alpha value is -2.71. The van der Waals surface area contributed by atoms with Crippen LogP contribution in [0, 0.1) is 31.6 Å². The van der Waals surface area contributed by atoms with E-state index in [0.29, 0.717) is 29.7 Å². The van der Waals surface area contributed by atoms with E-state index in [-0.39, 0.29) is 0 Å². The lowest BCUT2D eigenvalue weighted by atomic mass is 9.75. The Bertz CT molecular complexity index is 1260. The average Bonchev–Trinajstić information content (AvgIpc) is 3.02. The first-order valence-corrected chi connectivity index (χ1v) is 16.7. The van der Waals surface area contributed by atoms with E-state index in [4.69, 9.17) is 9.73 Å². The number of aliphatic imine (C=N–C) groups is 1. The molecule has 5 atom stereocenters. The van der Waals surface area contributed by atoms with Gasteiger partial charge in [-0.3, -0.25) is 4.99 Å². The lowest BCUT2D eigenvalue weighted by Crippen LogP contribution is -2.30. The second-order valence-corrected chi connectivity index (χ2v) is 12.3. The summed E-state index contributed by atoms with van der Waals surface area (Å²) in [4.78, 5) is 5.64. The maximum Gasteiger partial charge on any atom is 0.0503 e. The zero-order valence-corrected chi connectivity index (χ0v) is 28.0. The van der Waals surface area contributed by atoms with Crippen molar-refractivity contribution in [2.45, 2.75) is 106 Å². The monoisotopic (exact) mass is 567 g/mol. The normalized spacial score (nSPS) is 19.4. The van der Waals surface area contributed by atoms with Gasteiger partial charge >= 0.3 is 0 Å². The van der Waals surface area contributed by atoms with Gasteiger partial charge in [-0.15, -0.1) is 0 Å². The quantitative estimate of drug-likeness (QED) is 0.211. The van der Waals surface area contributed by atoms with Gasteiger partial charge in [0.15, 0.2) is 0 Å². The molecule has 0 N–H and O–H groups in total. The first-order chi connectivity index (χ1) is 20.4. The summed E-state index contributed by atoms with van der Waals surface area (Å²) in [6.07, 6.45) is 7.22. The third-order valence-corrected chi connectivity index (χ3v) is 9.48. The third-order valence-electron chi connectivity index (χ3n) is 9.48. The molecule has 0 saturated heterocycles. The van der Waals surface area contributed by atoms with Crippen molar-refractivity contribution in [2.75, 3.05) is 13.7 Å². The van der Waals surface area contributed by atoms with Crippen LogP contribution >= 0.6 is 0 Å². The summed E-state index contributed by atoms with van der Waals surface area (Å²) < 4.78 is 5.64. The van der Waals surface area contributed by atoms with Gasteiger partial charge < -0.3 is 4.74 Å². The zero-order valence-electron chi connectivity index (χ0n) is 28.0. The minimum absolute atomic E-state index is 0.300. The Balaban J connectivity index is 0.00000237. The molecule has 0 amide bonds. The molecule has 228 valence electrons. The van der Waals surface area contributed by atoms with Gasteiger partial charge in [0.2, 0.25) is 0 Å². The van der Waals surface area contributed by atoms with Crippen LogP contribution in [0.3, 0.4) is 0 Å². The topological polar surface area (TPSA) is 21.6 Å². The van der Waals surface area contributed by atoms with E-state index in [9.17, 15) is 0 Å². The number of aryl methyl sites for hydroxylation is 3. The Labute approximate surface area is 258 Å². The molecule has 4 unspecified atom stereocenters. The van der Waals surface area contributed by atoms with E-state index in [1.54, 1.807) is 0 Å². The minimum atomic E-state index is 0.300. The van der Waals surface area contributed by atoms with Crippen molar-refractivity contribution in [3.05, 3.63) is 94.5 Å². The lowest BCUT2D eigenvalue weighted by Gasteiger charge is -2.33. The highest BCUT2D eigenvalue weighted by Crippen LogP contribution is 2.39. The number of rotatable bonds is 11. The van der Waals surface area contributed by atoms with Crippen LogP contribution in [0.1, 0.15) is 107 Å². The number of hydrogen-bond acceptors (Lipinski definition) is 2. The van der Waals surface area contributed by atoms with E-state index in [1.807, 2.05) is 21.0 Å². The Morgan fingerprint density at radius 1 is 0.881 bits per heavy atom. The van der Waals surface area contributed by atoms with Crippen molar-refractivity contribution in [1.29, 1.82) is 0 Å². The Morgan fingerprint density at radius 3 is 2.21 bits per heavy atom. The molecule has 0 spiro atoms. The average molecular weight is 568 g/mol. The van der Waals surface area contributed by atoms with Crippen LogP contribution in [-0.4, -0.2) is 25.5 Å². The van der Waals surface area contributed by atoms with E-state index < -0.39 is 0 Å². The zero-order chi connectivity index (χ0) is 30.6. The van der Waals surface area contributed by atoms with Crippen molar-refractivity contribution in [2.24, 2.45) is 22.7 Å². The number of hydrogen-bond donors (Lipinski definition) is 0. The first kappa shape index (κ1) is 33.8. The molecule has 0 aromatic heterocycles. The van der Waals surface area contributed by atoms with Crippen LogP contribution < -0.4 is 0 Å². The SMILES string of the molecule is CC.CCc1cc(-c2ccc(C(=NC(C)C3CCCC(c4ccccc4)C3)C(CC)[C@@H](C)COC)c(C)c2)ccc1C. The summed E-state index contributed by atoms with van der Waals surface area (Å²) >= 11 is 0. The fourth-order valence-electron chi connectivity index (χ4n) is 6.99. The highest BCUT2D eigenvalue weighted by molar-refractivity contribution is 6.04. The van der Waals surface area contributed by atoms with Crippen molar-refractivity contribution in [3.63, 3.8) is 0 Å². The standard InChI is InChI=1S/C38H51NO.C2H6/c1-8-30-23-35(19-18-26(30)3)34-20-21-37(27(4)22-34)38(36(9-2)28(5)25-40-7)39-29(6)32-16-13-17-33(24-32)31-14-11-10-12-15-31;1-2/h10-12,14-15,18-23,28-29,32-33,36H,8-9,13,16-17,24-25H2,1-7H3;1-2H3/t28-,29?,32?,33?,36?;/m0./s1. The largest absolute Gasteiger partial charge is 0.384 e. The van der Waals surface area contributed by atoms with E-state index in [2.05, 4.69) is 108 Å². The predicted molar refractivity (Wildman–Crippen MR) is 184 cm³/mol. The fraction of sp³-hybridized carbons (Fsp3) is 0.525. The summed E-state index contributed by atoms with van der Waals surface area (Å²) in [6.45, 7) is 18.5. The molecule has 1 aliphatic rings. The third kappa shape index (κ3) is 8.44. The molecule has 1 saturated carbocycles. The molecule has 3 aromatic carbocycles. The smallest absolute Gasteiger partial charge is 0.0503 e.